The molecule has 0 aromatic heterocycles. The van der Waals surface area contributed by atoms with E-state index in [9.17, 15) is 0 Å². The van der Waals surface area contributed by atoms with Crippen molar-refractivity contribution in [1.82, 2.24) is 0 Å². The number of unbranched alkanes of at least 4 members (excludes halogenated alkanes) is 3. The first-order valence-electron chi connectivity index (χ1n) is 6.83. The minimum absolute atomic E-state index is 0.973. The third-order valence-corrected chi connectivity index (χ3v) is 9.01. The van der Waals surface area contributed by atoms with Gasteiger partial charge in [-0.15, -0.1) is 0 Å². The summed E-state index contributed by atoms with van der Waals surface area (Å²) < 4.78 is 0. The average Bonchev–Trinajstić information content (AvgIpc) is 2.99. The standard InChI is InChI=1S/C15H24Si/c1-3-4-5-7-12-15-13-16(15,2)14-10-8-6-9-11-14/h6,8-11,15H,3-5,7,12-13H2,1-2H3. The van der Waals surface area contributed by atoms with Crippen LogP contribution in [0.25, 0.3) is 0 Å². The molecule has 1 aliphatic rings. The van der Waals surface area contributed by atoms with Crippen LogP contribution in [-0.2, 0) is 0 Å². The molecule has 0 amide bonds. The molecule has 1 aromatic rings. The summed E-state index contributed by atoms with van der Waals surface area (Å²) in [6.07, 6.45) is 7.20. The summed E-state index contributed by atoms with van der Waals surface area (Å²) in [6, 6.07) is 12.8. The second-order valence-electron chi connectivity index (χ2n) is 5.53. The SMILES string of the molecule is CCCCCCC1C[Si]1(C)c1ccccc1. The van der Waals surface area contributed by atoms with E-state index in [1.165, 1.54) is 32.1 Å². The zero-order chi connectivity index (χ0) is 11.4. The quantitative estimate of drug-likeness (QED) is 0.506. The average molecular weight is 232 g/mol. The minimum Gasteiger partial charge on any atom is -0.0654 e. The van der Waals surface area contributed by atoms with Gasteiger partial charge in [0.25, 0.3) is 0 Å². The number of hydrogen-bond acceptors (Lipinski definition) is 0. The van der Waals surface area contributed by atoms with Gasteiger partial charge in [-0.25, -0.2) is 0 Å². The fourth-order valence-corrected chi connectivity index (χ4v) is 7.39. The molecule has 2 rings (SSSR count). The molecule has 2 unspecified atom stereocenters. The topological polar surface area (TPSA) is 0 Å². The molecule has 0 spiro atoms. The lowest BCUT2D eigenvalue weighted by molar-refractivity contribution is 0.638. The van der Waals surface area contributed by atoms with Crippen molar-refractivity contribution in [3.8, 4) is 0 Å². The normalized spacial score (nSPS) is 28.0. The lowest BCUT2D eigenvalue weighted by Gasteiger charge is -2.09. The van der Waals surface area contributed by atoms with Crippen molar-refractivity contribution in [2.75, 3.05) is 0 Å². The highest BCUT2D eigenvalue weighted by molar-refractivity contribution is 7.00. The number of benzene rings is 1. The van der Waals surface area contributed by atoms with Gasteiger partial charge in [-0.2, -0.15) is 0 Å². The fraction of sp³-hybridized carbons (Fsp3) is 0.600. The van der Waals surface area contributed by atoms with Crippen LogP contribution in [0.15, 0.2) is 30.3 Å². The van der Waals surface area contributed by atoms with Crippen LogP contribution < -0.4 is 5.19 Å². The van der Waals surface area contributed by atoms with Crippen LogP contribution in [0.2, 0.25) is 18.1 Å². The monoisotopic (exact) mass is 232 g/mol. The van der Waals surface area contributed by atoms with E-state index >= 15 is 0 Å². The molecule has 88 valence electrons. The first-order chi connectivity index (χ1) is 7.77. The van der Waals surface area contributed by atoms with Gasteiger partial charge in [-0.1, -0.05) is 87.1 Å². The Morgan fingerprint density at radius 1 is 1.12 bits per heavy atom. The fourth-order valence-electron chi connectivity index (χ4n) is 2.86. The van der Waals surface area contributed by atoms with E-state index in [1.54, 1.807) is 11.2 Å². The lowest BCUT2D eigenvalue weighted by Crippen LogP contribution is -2.30. The van der Waals surface area contributed by atoms with Crippen LogP contribution in [0.3, 0.4) is 0 Å². The van der Waals surface area contributed by atoms with Gasteiger partial charge < -0.3 is 0 Å². The molecule has 0 bridgehead atoms. The van der Waals surface area contributed by atoms with Gasteiger partial charge in [0.1, 0.15) is 0 Å². The molecule has 0 saturated carbocycles. The van der Waals surface area contributed by atoms with Gasteiger partial charge >= 0.3 is 0 Å². The maximum atomic E-state index is 2.58. The molecule has 1 fully saturated rings. The van der Waals surface area contributed by atoms with Gasteiger partial charge in [-0.3, -0.25) is 0 Å². The van der Waals surface area contributed by atoms with Crippen molar-refractivity contribution < 1.29 is 0 Å². The number of rotatable bonds is 6. The molecule has 1 aromatic carbocycles. The summed E-state index contributed by atoms with van der Waals surface area (Å²) >= 11 is 0. The van der Waals surface area contributed by atoms with E-state index in [4.69, 9.17) is 0 Å². The highest BCUT2D eigenvalue weighted by Gasteiger charge is 2.52. The van der Waals surface area contributed by atoms with Crippen molar-refractivity contribution in [3.05, 3.63) is 30.3 Å². The van der Waals surface area contributed by atoms with E-state index in [0.717, 1.165) is 5.54 Å². The molecule has 2 atom stereocenters. The molecule has 0 N–H and O–H groups in total. The van der Waals surface area contributed by atoms with Gasteiger partial charge in [0.2, 0.25) is 0 Å². The highest BCUT2D eigenvalue weighted by Crippen LogP contribution is 2.51. The summed E-state index contributed by atoms with van der Waals surface area (Å²) in [5.41, 5.74) is 1.09. The largest absolute Gasteiger partial charge is 0.0864 e. The molecule has 16 heavy (non-hydrogen) atoms. The maximum absolute atomic E-state index is 2.58. The molecular weight excluding hydrogens is 208 g/mol. The van der Waals surface area contributed by atoms with Crippen LogP contribution in [0, 0.1) is 0 Å². The second-order valence-corrected chi connectivity index (χ2v) is 10.2. The molecular formula is C15H24Si. The van der Waals surface area contributed by atoms with Crippen molar-refractivity contribution >= 4 is 13.3 Å². The van der Waals surface area contributed by atoms with Crippen molar-refractivity contribution in [2.24, 2.45) is 0 Å². The smallest absolute Gasteiger partial charge is 0.0654 e. The first-order valence-corrected chi connectivity index (χ1v) is 9.61. The van der Waals surface area contributed by atoms with Gasteiger partial charge in [0, 0.05) is 0 Å². The van der Waals surface area contributed by atoms with E-state index in [-0.39, 0.29) is 0 Å². The first kappa shape index (κ1) is 11.9. The summed E-state index contributed by atoms with van der Waals surface area (Å²) in [5.74, 6) is 0. The summed E-state index contributed by atoms with van der Waals surface area (Å²) in [5, 5.41) is 1.69. The Labute approximate surface area is 101 Å². The Morgan fingerprint density at radius 2 is 1.88 bits per heavy atom. The molecule has 0 radical (unpaired) electrons. The van der Waals surface area contributed by atoms with Crippen LogP contribution in [0.5, 0.6) is 0 Å². The molecule has 1 heteroatoms. The third kappa shape index (κ3) is 2.57. The van der Waals surface area contributed by atoms with Gasteiger partial charge in [0.15, 0.2) is 0 Å². The molecule has 1 heterocycles. The number of hydrogen-bond donors (Lipinski definition) is 0. The van der Waals surface area contributed by atoms with Crippen LogP contribution >= 0.6 is 0 Å². The van der Waals surface area contributed by atoms with Crippen LogP contribution in [-0.4, -0.2) is 8.07 Å². The van der Waals surface area contributed by atoms with E-state index in [2.05, 4.69) is 43.8 Å². The van der Waals surface area contributed by atoms with Crippen LogP contribution in [0.4, 0.5) is 0 Å². The Kier molecular flexibility index (Phi) is 3.85. The van der Waals surface area contributed by atoms with Crippen molar-refractivity contribution in [1.29, 1.82) is 0 Å². The van der Waals surface area contributed by atoms with Gasteiger partial charge in [-0.05, 0) is 5.54 Å². The minimum atomic E-state index is -0.973. The Hall–Kier alpha value is -0.563. The Bertz CT molecular complexity index is 319. The highest BCUT2D eigenvalue weighted by atomic mass is 28.3. The van der Waals surface area contributed by atoms with Crippen molar-refractivity contribution in [2.45, 2.75) is 57.2 Å². The Morgan fingerprint density at radius 3 is 2.56 bits per heavy atom. The van der Waals surface area contributed by atoms with E-state index < -0.39 is 8.07 Å². The van der Waals surface area contributed by atoms with Gasteiger partial charge in [0.05, 0.1) is 8.07 Å². The molecule has 1 aliphatic heterocycles. The zero-order valence-electron chi connectivity index (χ0n) is 10.7. The summed E-state index contributed by atoms with van der Waals surface area (Å²) in [7, 11) is -0.973. The van der Waals surface area contributed by atoms with Crippen molar-refractivity contribution in [3.63, 3.8) is 0 Å². The maximum Gasteiger partial charge on any atom is 0.0864 e. The predicted octanol–water partition coefficient (Wildman–Crippen LogP) is 4.33. The zero-order valence-corrected chi connectivity index (χ0v) is 11.7. The summed E-state index contributed by atoms with van der Waals surface area (Å²) in [6.45, 7) is 4.87. The van der Waals surface area contributed by atoms with E-state index in [0.29, 0.717) is 0 Å². The predicted molar refractivity (Wildman–Crippen MR) is 75.0 cm³/mol. The molecule has 0 aliphatic carbocycles. The molecule has 0 nitrogen and oxygen atoms in total. The lowest BCUT2D eigenvalue weighted by atomic mass is 10.1. The van der Waals surface area contributed by atoms with E-state index in [1.807, 2.05) is 0 Å². The van der Waals surface area contributed by atoms with Crippen LogP contribution in [0.1, 0.15) is 39.0 Å². The second kappa shape index (κ2) is 5.18. The summed E-state index contributed by atoms with van der Waals surface area (Å²) in [4.78, 5) is 0. The molecule has 1 saturated heterocycles. The Balaban J connectivity index is 1.80. The third-order valence-electron chi connectivity index (χ3n) is 4.25.